The van der Waals surface area contributed by atoms with E-state index in [0.29, 0.717) is 11.7 Å². The molecule has 1 unspecified atom stereocenters. The fourth-order valence-electron chi connectivity index (χ4n) is 1.11. The molecule has 1 amide bonds. The van der Waals surface area contributed by atoms with E-state index < -0.39 is 0 Å². The van der Waals surface area contributed by atoms with E-state index in [2.05, 4.69) is 37.2 Å². The monoisotopic (exact) mass is 319 g/mol. The Morgan fingerprint density at radius 3 is 2.88 bits per heavy atom. The van der Waals surface area contributed by atoms with Crippen molar-refractivity contribution >= 4 is 39.2 Å². The molecule has 0 aromatic carbocycles. The van der Waals surface area contributed by atoms with Gasteiger partial charge < -0.3 is 5.32 Å². The fraction of sp³-hybridized carbons (Fsp3) is 0.444. The Morgan fingerprint density at radius 1 is 1.65 bits per heavy atom. The minimum atomic E-state index is -0.214. The number of carbonyl (C=O) groups is 1. The van der Waals surface area contributed by atoms with Crippen molar-refractivity contribution in [1.29, 1.82) is 0 Å². The zero-order valence-corrected chi connectivity index (χ0v) is 11.9. The van der Waals surface area contributed by atoms with Crippen LogP contribution in [0.1, 0.15) is 6.92 Å². The van der Waals surface area contributed by atoms with Gasteiger partial charge in [-0.15, -0.1) is 0 Å². The number of amides is 1. The lowest BCUT2D eigenvalue weighted by molar-refractivity contribution is -0.125. The zero-order chi connectivity index (χ0) is 12.8. The third-order valence-electron chi connectivity index (χ3n) is 2.04. The van der Waals surface area contributed by atoms with E-state index in [-0.39, 0.29) is 11.8 Å². The van der Waals surface area contributed by atoms with Gasteiger partial charge in [-0.3, -0.25) is 20.3 Å². The van der Waals surface area contributed by atoms with E-state index >= 15 is 0 Å². The van der Waals surface area contributed by atoms with Crippen LogP contribution in [0.25, 0.3) is 0 Å². The predicted molar refractivity (Wildman–Crippen MR) is 72.0 cm³/mol. The average molecular weight is 320 g/mol. The molecule has 1 atom stereocenters. The average Bonchev–Trinajstić information content (AvgIpc) is 2.70. The lowest BCUT2D eigenvalue weighted by atomic mass is 10.2. The number of hydrogen-bond donors (Lipinski definition) is 3. The summed E-state index contributed by atoms with van der Waals surface area (Å²) in [5, 5.41) is 7.14. The van der Waals surface area contributed by atoms with E-state index in [1.807, 2.05) is 13.1 Å². The first-order valence-electron chi connectivity index (χ1n) is 4.98. The molecule has 1 heterocycles. The molecule has 0 fully saturated rings. The van der Waals surface area contributed by atoms with Gasteiger partial charge in [0, 0.05) is 13.2 Å². The van der Waals surface area contributed by atoms with Crippen molar-refractivity contribution in [1.82, 2.24) is 25.9 Å². The summed E-state index contributed by atoms with van der Waals surface area (Å²) in [6.45, 7) is 2.32. The van der Waals surface area contributed by atoms with Crippen LogP contribution in [0.4, 0.5) is 0 Å². The Kier molecular flexibility index (Phi) is 5.36. The van der Waals surface area contributed by atoms with Gasteiger partial charge >= 0.3 is 0 Å². The van der Waals surface area contributed by atoms with Crippen LogP contribution < -0.4 is 16.2 Å². The molecule has 1 aromatic heterocycles. The van der Waals surface area contributed by atoms with Gasteiger partial charge in [-0.05, 0) is 28.1 Å². The summed E-state index contributed by atoms with van der Waals surface area (Å²) < 4.78 is 2.59. The molecule has 3 N–H and O–H groups in total. The summed E-state index contributed by atoms with van der Waals surface area (Å²) in [4.78, 5) is 11.7. The lowest BCUT2D eigenvalue weighted by Crippen LogP contribution is -2.47. The Hall–Kier alpha value is -1.15. The van der Waals surface area contributed by atoms with Crippen molar-refractivity contribution in [3.63, 3.8) is 0 Å². The number of thiocarbonyl (C=S) groups is 1. The van der Waals surface area contributed by atoms with E-state index in [1.54, 1.807) is 17.9 Å². The Bertz CT molecular complexity index is 408. The van der Waals surface area contributed by atoms with Gasteiger partial charge in [-0.2, -0.15) is 5.10 Å². The van der Waals surface area contributed by atoms with Crippen LogP contribution in [-0.4, -0.2) is 27.8 Å². The highest BCUT2D eigenvalue weighted by molar-refractivity contribution is 9.10. The molecule has 0 bridgehead atoms. The van der Waals surface area contributed by atoms with Crippen LogP contribution >= 0.6 is 28.1 Å². The van der Waals surface area contributed by atoms with Crippen molar-refractivity contribution in [3.05, 3.63) is 16.9 Å². The van der Waals surface area contributed by atoms with Gasteiger partial charge in [0.05, 0.1) is 23.1 Å². The van der Waals surface area contributed by atoms with Crippen molar-refractivity contribution in [2.45, 2.75) is 13.5 Å². The molecular weight excluding hydrogens is 306 g/mol. The van der Waals surface area contributed by atoms with Crippen LogP contribution in [0.2, 0.25) is 0 Å². The van der Waals surface area contributed by atoms with Crippen molar-refractivity contribution in [2.24, 2.45) is 5.92 Å². The number of nitrogens with zero attached hydrogens (tertiary/aromatic N) is 2. The molecule has 0 spiro atoms. The third-order valence-corrected chi connectivity index (χ3v) is 2.75. The summed E-state index contributed by atoms with van der Waals surface area (Å²) in [6.07, 6.45) is 3.49. The number of carbonyl (C=O) groups excluding carboxylic acids is 1. The molecule has 1 rings (SSSR count). The maximum absolute atomic E-state index is 11.7. The highest BCUT2D eigenvalue weighted by atomic mass is 79.9. The third kappa shape index (κ3) is 4.70. The van der Waals surface area contributed by atoms with E-state index in [9.17, 15) is 4.79 Å². The number of hydrogen-bond acceptors (Lipinski definition) is 3. The quantitative estimate of drug-likeness (QED) is 0.556. The van der Waals surface area contributed by atoms with Gasteiger partial charge in [0.15, 0.2) is 5.11 Å². The molecule has 0 saturated carbocycles. The molecule has 0 aliphatic carbocycles. The van der Waals surface area contributed by atoms with E-state index in [4.69, 9.17) is 12.2 Å². The molecule has 1 aromatic rings. The van der Waals surface area contributed by atoms with Crippen molar-refractivity contribution in [2.75, 3.05) is 7.05 Å². The number of rotatable bonds is 3. The summed E-state index contributed by atoms with van der Waals surface area (Å²) in [7, 11) is 1.67. The summed E-state index contributed by atoms with van der Waals surface area (Å²) >= 11 is 8.13. The zero-order valence-electron chi connectivity index (χ0n) is 9.53. The molecule has 6 nitrogen and oxygen atoms in total. The van der Waals surface area contributed by atoms with Gasteiger partial charge in [0.1, 0.15) is 0 Å². The number of halogens is 1. The fourth-order valence-corrected chi connectivity index (χ4v) is 1.48. The second-order valence-corrected chi connectivity index (χ2v) is 4.80. The molecule has 8 heteroatoms. The minimum Gasteiger partial charge on any atom is -0.364 e. The molecule has 0 saturated heterocycles. The second kappa shape index (κ2) is 6.55. The van der Waals surface area contributed by atoms with Crippen molar-refractivity contribution < 1.29 is 4.79 Å². The Morgan fingerprint density at radius 2 is 2.35 bits per heavy atom. The highest BCUT2D eigenvalue weighted by Gasteiger charge is 2.13. The topological polar surface area (TPSA) is 71.0 Å². The molecule has 17 heavy (non-hydrogen) atoms. The summed E-state index contributed by atoms with van der Waals surface area (Å²) in [5.74, 6) is -0.358. The van der Waals surface area contributed by atoms with Crippen LogP contribution in [0.5, 0.6) is 0 Å². The van der Waals surface area contributed by atoms with E-state index in [0.717, 1.165) is 4.47 Å². The largest absolute Gasteiger partial charge is 0.364 e. The van der Waals surface area contributed by atoms with Crippen LogP contribution in [-0.2, 0) is 11.3 Å². The maximum atomic E-state index is 11.7. The molecular formula is C9H14BrN5OS. The SMILES string of the molecule is CNC(=S)NNC(=O)C(C)Cn1cc(Br)cn1. The first-order chi connectivity index (χ1) is 8.02. The highest BCUT2D eigenvalue weighted by Crippen LogP contribution is 2.08. The number of hydrazine groups is 1. The summed E-state index contributed by atoms with van der Waals surface area (Å²) in [5.41, 5.74) is 5.10. The van der Waals surface area contributed by atoms with E-state index in [1.165, 1.54) is 0 Å². The second-order valence-electron chi connectivity index (χ2n) is 3.48. The number of nitrogens with one attached hydrogen (secondary N) is 3. The van der Waals surface area contributed by atoms with Gasteiger partial charge in [-0.1, -0.05) is 6.92 Å². The Labute approximate surface area is 113 Å². The molecule has 94 valence electrons. The van der Waals surface area contributed by atoms with Crippen LogP contribution in [0.3, 0.4) is 0 Å². The Balaban J connectivity index is 2.39. The maximum Gasteiger partial charge on any atom is 0.243 e. The first kappa shape index (κ1) is 13.9. The molecule has 0 aliphatic rings. The molecule has 0 radical (unpaired) electrons. The first-order valence-corrected chi connectivity index (χ1v) is 6.18. The number of aromatic nitrogens is 2. The van der Waals surface area contributed by atoms with Crippen LogP contribution in [0, 0.1) is 5.92 Å². The van der Waals surface area contributed by atoms with Crippen molar-refractivity contribution in [3.8, 4) is 0 Å². The van der Waals surface area contributed by atoms with Gasteiger partial charge in [0.2, 0.25) is 5.91 Å². The summed E-state index contributed by atoms with van der Waals surface area (Å²) in [6, 6.07) is 0. The van der Waals surface area contributed by atoms with Gasteiger partial charge in [0.25, 0.3) is 0 Å². The van der Waals surface area contributed by atoms with Gasteiger partial charge in [-0.25, -0.2) is 0 Å². The minimum absolute atomic E-state index is 0.144. The normalized spacial score (nSPS) is 11.7. The lowest BCUT2D eigenvalue weighted by Gasteiger charge is -2.13. The predicted octanol–water partition coefficient (Wildman–Crippen LogP) is 0.407. The smallest absolute Gasteiger partial charge is 0.243 e. The standard InChI is InChI=1S/C9H14BrN5OS/c1-6(4-15-5-7(10)3-12-15)8(16)13-14-9(17)11-2/h3,5-6H,4H2,1-2H3,(H,13,16)(H2,11,14,17). The van der Waals surface area contributed by atoms with Crippen LogP contribution in [0.15, 0.2) is 16.9 Å². The molecule has 0 aliphatic heterocycles.